The number of piperazine rings is 1. The summed E-state index contributed by atoms with van der Waals surface area (Å²) >= 11 is 1.37. The van der Waals surface area contributed by atoms with Crippen LogP contribution in [0, 0.1) is 11.8 Å². The summed E-state index contributed by atoms with van der Waals surface area (Å²) in [4.78, 5) is 25.5. The molecule has 1 heterocycles. The van der Waals surface area contributed by atoms with Gasteiger partial charge < -0.3 is 15.3 Å². The topological polar surface area (TPSA) is 84.9 Å². The van der Waals surface area contributed by atoms with E-state index in [0.29, 0.717) is 12.1 Å². The van der Waals surface area contributed by atoms with E-state index in [2.05, 4.69) is 43.2 Å². The zero-order valence-electron chi connectivity index (χ0n) is 19.8. The molecule has 0 unspecified atom stereocenters. The number of carboxylic acid groups (broad SMARTS) is 1. The average molecular weight is 501 g/mol. The number of benzene rings is 3. The number of anilines is 1. The molecule has 3 aromatic rings. The van der Waals surface area contributed by atoms with Crippen molar-refractivity contribution in [1.82, 2.24) is 14.3 Å². The predicted octanol–water partition coefficient (Wildman–Crippen LogP) is 3.38. The van der Waals surface area contributed by atoms with Crippen molar-refractivity contribution in [2.45, 2.75) is 6.54 Å². The van der Waals surface area contributed by atoms with E-state index in [-0.39, 0.29) is 12.5 Å². The number of hydrogen-bond acceptors (Lipinski definition) is 6. The number of carbonyl (C=O) groups is 2. The van der Waals surface area contributed by atoms with Gasteiger partial charge in [0, 0.05) is 67.2 Å². The molecule has 1 saturated heterocycles. The Morgan fingerprint density at radius 3 is 2.31 bits per heavy atom. The van der Waals surface area contributed by atoms with Crippen LogP contribution in [0.1, 0.15) is 27.0 Å². The van der Waals surface area contributed by atoms with Crippen molar-refractivity contribution < 1.29 is 14.7 Å². The Hall–Kier alpha value is -3.77. The molecule has 1 aliphatic rings. The molecule has 36 heavy (non-hydrogen) atoms. The van der Waals surface area contributed by atoms with Crippen molar-refractivity contribution in [2.24, 2.45) is 0 Å². The summed E-state index contributed by atoms with van der Waals surface area (Å²) in [5.41, 5.74) is 4.48. The van der Waals surface area contributed by atoms with Crippen LogP contribution in [0.5, 0.6) is 0 Å². The van der Waals surface area contributed by atoms with E-state index in [4.69, 9.17) is 5.11 Å². The van der Waals surface area contributed by atoms with Crippen molar-refractivity contribution in [3.05, 3.63) is 101 Å². The third-order valence-electron chi connectivity index (χ3n) is 5.66. The van der Waals surface area contributed by atoms with Gasteiger partial charge in [-0.25, -0.2) is 9.03 Å². The first-order valence-corrected chi connectivity index (χ1v) is 12.5. The van der Waals surface area contributed by atoms with Gasteiger partial charge in [0.25, 0.3) is 5.91 Å². The number of nitrogens with one attached hydrogen (secondary N) is 2. The molecule has 0 saturated carbocycles. The molecule has 0 aromatic heterocycles. The van der Waals surface area contributed by atoms with E-state index in [1.165, 1.54) is 12.1 Å². The number of carbonyl (C=O) groups excluding carboxylic acids is 1. The van der Waals surface area contributed by atoms with E-state index >= 15 is 0 Å². The SMILES string of the molecule is O=C(O)CNSN1CCN(c2ccc(C#Cc3cccc(C(=O)NCc4ccccc4)c3)cc2)CC1. The van der Waals surface area contributed by atoms with E-state index in [1.807, 2.05) is 60.7 Å². The number of rotatable bonds is 8. The molecule has 0 radical (unpaired) electrons. The highest BCUT2D eigenvalue weighted by atomic mass is 32.2. The molecule has 0 atom stereocenters. The second-order valence-corrected chi connectivity index (χ2v) is 9.26. The Morgan fingerprint density at radius 2 is 1.58 bits per heavy atom. The van der Waals surface area contributed by atoms with Gasteiger partial charge in [0.05, 0.1) is 0 Å². The molecule has 1 aliphatic heterocycles. The van der Waals surface area contributed by atoms with E-state index in [0.717, 1.165) is 48.6 Å². The molecule has 0 aliphatic carbocycles. The van der Waals surface area contributed by atoms with Gasteiger partial charge in [-0.1, -0.05) is 48.2 Å². The largest absolute Gasteiger partial charge is 0.480 e. The lowest BCUT2D eigenvalue weighted by Crippen LogP contribution is -2.44. The maximum atomic E-state index is 12.5. The molecule has 1 fully saturated rings. The number of nitrogens with zero attached hydrogens (tertiary/aromatic N) is 2. The minimum atomic E-state index is -0.860. The molecule has 7 nitrogen and oxygen atoms in total. The zero-order valence-corrected chi connectivity index (χ0v) is 20.6. The van der Waals surface area contributed by atoms with Gasteiger partial charge in [-0.15, -0.1) is 0 Å². The molecule has 3 N–H and O–H groups in total. The molecule has 3 aromatic carbocycles. The molecule has 0 bridgehead atoms. The van der Waals surface area contributed by atoms with Gasteiger partial charge in [0.1, 0.15) is 6.54 Å². The van der Waals surface area contributed by atoms with Crippen LogP contribution in [-0.4, -0.2) is 54.0 Å². The fourth-order valence-electron chi connectivity index (χ4n) is 3.74. The van der Waals surface area contributed by atoms with Crippen molar-refractivity contribution in [3.8, 4) is 11.8 Å². The lowest BCUT2D eigenvalue weighted by molar-refractivity contribution is -0.135. The quantitative estimate of drug-likeness (QED) is 0.323. The van der Waals surface area contributed by atoms with Crippen LogP contribution < -0.4 is 14.9 Å². The fraction of sp³-hybridized carbons (Fsp3) is 0.214. The molecule has 8 heteroatoms. The standard InChI is InChI=1S/C28H28N4O3S/c33-27(34)21-30-36-32-17-15-31(16-18-32)26-13-11-22(12-14-26)9-10-23-7-4-8-25(19-23)28(35)29-20-24-5-2-1-3-6-24/h1-8,11-14,19,30H,15-18,20-21H2,(H,29,35)(H,33,34). The Morgan fingerprint density at radius 1 is 0.861 bits per heavy atom. The van der Waals surface area contributed by atoms with Crippen LogP contribution >= 0.6 is 12.1 Å². The third-order valence-corrected chi connectivity index (χ3v) is 6.56. The minimum absolute atomic E-state index is 0.0564. The minimum Gasteiger partial charge on any atom is -0.480 e. The summed E-state index contributed by atoms with van der Waals surface area (Å²) in [6.07, 6.45) is 0. The van der Waals surface area contributed by atoms with Gasteiger partial charge in [-0.2, -0.15) is 0 Å². The normalized spacial score (nSPS) is 13.5. The Balaban J connectivity index is 1.29. The molecule has 0 spiro atoms. The van der Waals surface area contributed by atoms with Gasteiger partial charge >= 0.3 is 5.97 Å². The van der Waals surface area contributed by atoms with E-state index < -0.39 is 5.97 Å². The maximum Gasteiger partial charge on any atom is 0.318 e. The van der Waals surface area contributed by atoms with Crippen molar-refractivity contribution in [3.63, 3.8) is 0 Å². The fourth-order valence-corrected chi connectivity index (χ4v) is 4.46. The average Bonchev–Trinajstić information content (AvgIpc) is 2.92. The van der Waals surface area contributed by atoms with Crippen molar-refractivity contribution in [1.29, 1.82) is 0 Å². The summed E-state index contributed by atoms with van der Waals surface area (Å²) in [5, 5.41) is 11.7. The lowest BCUT2D eigenvalue weighted by atomic mass is 10.1. The molecular formula is C28H28N4O3S. The Bertz CT molecular complexity index is 1230. The molecule has 184 valence electrons. The van der Waals surface area contributed by atoms with Crippen LogP contribution in [0.4, 0.5) is 5.69 Å². The highest BCUT2D eigenvalue weighted by Crippen LogP contribution is 2.19. The van der Waals surface area contributed by atoms with Crippen LogP contribution in [0.2, 0.25) is 0 Å². The number of aliphatic carboxylic acids is 1. The Labute approximate surface area is 215 Å². The second kappa shape index (κ2) is 12.8. The number of amides is 1. The smallest absolute Gasteiger partial charge is 0.318 e. The van der Waals surface area contributed by atoms with Gasteiger partial charge in [-0.05, 0) is 48.0 Å². The summed E-state index contributed by atoms with van der Waals surface area (Å²) < 4.78 is 4.99. The molecule has 4 rings (SSSR count). The maximum absolute atomic E-state index is 12.5. The van der Waals surface area contributed by atoms with Crippen LogP contribution in [0.25, 0.3) is 0 Å². The van der Waals surface area contributed by atoms with Crippen LogP contribution in [0.15, 0.2) is 78.9 Å². The van der Waals surface area contributed by atoms with Crippen LogP contribution in [-0.2, 0) is 11.3 Å². The first-order valence-electron chi connectivity index (χ1n) is 11.7. The van der Waals surface area contributed by atoms with Crippen molar-refractivity contribution >= 4 is 29.7 Å². The molecular weight excluding hydrogens is 472 g/mol. The second-order valence-electron chi connectivity index (χ2n) is 8.27. The summed E-state index contributed by atoms with van der Waals surface area (Å²) in [6, 6.07) is 25.3. The first kappa shape index (κ1) is 25.3. The number of carboxylic acids is 1. The zero-order chi connectivity index (χ0) is 25.2. The summed E-state index contributed by atoms with van der Waals surface area (Å²) in [5.74, 6) is 5.36. The van der Waals surface area contributed by atoms with Gasteiger partial charge in [-0.3, -0.25) is 9.59 Å². The monoisotopic (exact) mass is 500 g/mol. The summed E-state index contributed by atoms with van der Waals surface area (Å²) in [7, 11) is 0. The van der Waals surface area contributed by atoms with Crippen molar-refractivity contribution in [2.75, 3.05) is 37.6 Å². The predicted molar refractivity (Wildman–Crippen MR) is 143 cm³/mol. The highest BCUT2D eigenvalue weighted by molar-refractivity contribution is 7.95. The lowest BCUT2D eigenvalue weighted by Gasteiger charge is -2.35. The van der Waals surface area contributed by atoms with Gasteiger partial charge in [0.2, 0.25) is 0 Å². The van der Waals surface area contributed by atoms with Gasteiger partial charge in [0.15, 0.2) is 0 Å². The highest BCUT2D eigenvalue weighted by Gasteiger charge is 2.17. The van der Waals surface area contributed by atoms with E-state index in [9.17, 15) is 9.59 Å². The molecule has 1 amide bonds. The summed E-state index contributed by atoms with van der Waals surface area (Å²) in [6.45, 7) is 3.84. The van der Waals surface area contributed by atoms with E-state index in [1.54, 1.807) is 6.07 Å². The third kappa shape index (κ3) is 7.62. The first-order chi connectivity index (χ1) is 17.6. The number of hydrogen-bond donors (Lipinski definition) is 3. The van der Waals surface area contributed by atoms with Crippen LogP contribution in [0.3, 0.4) is 0 Å². The Kier molecular flexibility index (Phi) is 9.00.